The molecule has 3 nitrogen and oxygen atoms in total. The highest BCUT2D eigenvalue weighted by atomic mass is 16.5. The summed E-state index contributed by atoms with van der Waals surface area (Å²) in [6.07, 6.45) is 0. The second-order valence-electron chi connectivity index (χ2n) is 1.94. The Labute approximate surface area is 64.2 Å². The number of esters is 1. The predicted octanol–water partition coefficient (Wildman–Crippen LogP) is 0.979. The Balaban J connectivity index is 2.96. The van der Waals surface area contributed by atoms with Gasteiger partial charge in [-0.25, -0.2) is 4.79 Å². The molecule has 0 aromatic heterocycles. The van der Waals surface area contributed by atoms with Gasteiger partial charge in [-0.15, -0.1) is 0 Å². The maximum atomic E-state index is 10.8. The van der Waals surface area contributed by atoms with Crippen LogP contribution in [0.15, 0.2) is 18.2 Å². The summed E-state index contributed by atoms with van der Waals surface area (Å²) >= 11 is 0. The minimum atomic E-state index is -0.499. The van der Waals surface area contributed by atoms with E-state index in [1.54, 1.807) is 6.07 Å². The summed E-state index contributed by atoms with van der Waals surface area (Å²) in [5.41, 5.74) is 0.229. The summed E-state index contributed by atoms with van der Waals surface area (Å²) in [7, 11) is 1.28. The Morgan fingerprint density at radius 2 is 2.36 bits per heavy atom. The summed E-state index contributed by atoms with van der Waals surface area (Å²) in [5, 5.41) is 8.89. The summed E-state index contributed by atoms with van der Waals surface area (Å²) in [6.45, 7) is 0. The molecule has 1 aromatic rings. The van der Waals surface area contributed by atoms with E-state index in [1.807, 2.05) is 0 Å². The van der Waals surface area contributed by atoms with E-state index in [2.05, 4.69) is 10.8 Å². The molecule has 0 saturated heterocycles. The normalized spacial score (nSPS) is 9.18. The first-order valence-electron chi connectivity index (χ1n) is 3.03. The molecule has 0 aliphatic carbocycles. The lowest BCUT2D eigenvalue weighted by atomic mass is 10.2. The van der Waals surface area contributed by atoms with Crippen LogP contribution in [0.5, 0.6) is 5.75 Å². The van der Waals surface area contributed by atoms with Gasteiger partial charge in [-0.2, -0.15) is 0 Å². The van der Waals surface area contributed by atoms with Crippen LogP contribution in [0.2, 0.25) is 0 Å². The quantitative estimate of drug-likeness (QED) is 0.608. The van der Waals surface area contributed by atoms with Crippen molar-refractivity contribution in [2.24, 2.45) is 0 Å². The molecule has 0 unspecified atom stereocenters. The number of phenols is 1. The summed E-state index contributed by atoms with van der Waals surface area (Å²) in [4.78, 5) is 10.8. The minimum Gasteiger partial charge on any atom is -0.507 e. The van der Waals surface area contributed by atoms with Gasteiger partial charge in [0.1, 0.15) is 5.75 Å². The number of methoxy groups -OCH3 is 1. The summed E-state index contributed by atoms with van der Waals surface area (Å²) in [6, 6.07) is 6.95. The van der Waals surface area contributed by atoms with Crippen LogP contribution in [0.4, 0.5) is 0 Å². The van der Waals surface area contributed by atoms with Crippen molar-refractivity contribution in [2.75, 3.05) is 7.11 Å². The molecule has 0 saturated carbocycles. The van der Waals surface area contributed by atoms with Crippen LogP contribution >= 0.6 is 0 Å². The lowest BCUT2D eigenvalue weighted by Crippen LogP contribution is -2.00. The Morgan fingerprint density at radius 1 is 1.64 bits per heavy atom. The lowest BCUT2D eigenvalue weighted by molar-refractivity contribution is 0.0600. The van der Waals surface area contributed by atoms with Gasteiger partial charge in [0.2, 0.25) is 0 Å². The lowest BCUT2D eigenvalue weighted by Gasteiger charge is -1.97. The molecule has 0 aliphatic rings. The first-order chi connectivity index (χ1) is 5.24. The topological polar surface area (TPSA) is 46.5 Å². The molecule has 1 rings (SSSR count). The number of phenolic OH excluding ortho intramolecular Hbond substituents is 1. The number of rotatable bonds is 1. The first-order valence-corrected chi connectivity index (χ1v) is 3.03. The fraction of sp³-hybridized carbons (Fsp3) is 0.125. The average Bonchev–Trinajstić information content (AvgIpc) is 2.03. The number of hydrogen-bond donors (Lipinski definition) is 1. The van der Waals surface area contributed by atoms with E-state index in [-0.39, 0.29) is 11.3 Å². The molecule has 1 radical (unpaired) electrons. The predicted molar refractivity (Wildman–Crippen MR) is 38.3 cm³/mol. The number of carbonyl (C=O) groups excluding carboxylic acids is 1. The van der Waals surface area contributed by atoms with Gasteiger partial charge in [-0.1, -0.05) is 6.07 Å². The molecular formula is C8H7O3. The zero-order chi connectivity index (χ0) is 8.27. The van der Waals surface area contributed by atoms with Crippen molar-refractivity contribution in [3.05, 3.63) is 29.8 Å². The Kier molecular flexibility index (Phi) is 2.11. The molecule has 0 heterocycles. The van der Waals surface area contributed by atoms with Gasteiger partial charge in [0, 0.05) is 6.07 Å². The molecule has 0 fully saturated rings. The number of hydrogen-bond acceptors (Lipinski definition) is 3. The van der Waals surface area contributed by atoms with Gasteiger partial charge in [-0.3, -0.25) is 0 Å². The maximum absolute atomic E-state index is 10.8. The second kappa shape index (κ2) is 3.05. The zero-order valence-corrected chi connectivity index (χ0v) is 6.00. The van der Waals surface area contributed by atoms with Crippen molar-refractivity contribution in [3.8, 4) is 5.75 Å². The molecular weight excluding hydrogens is 144 g/mol. The number of ether oxygens (including phenoxy) is 1. The highest BCUT2D eigenvalue weighted by molar-refractivity contribution is 5.89. The van der Waals surface area contributed by atoms with E-state index >= 15 is 0 Å². The van der Waals surface area contributed by atoms with Crippen molar-refractivity contribution < 1.29 is 14.6 Å². The van der Waals surface area contributed by atoms with E-state index < -0.39 is 5.97 Å². The van der Waals surface area contributed by atoms with E-state index in [1.165, 1.54) is 19.2 Å². The van der Waals surface area contributed by atoms with Crippen LogP contribution in [-0.2, 0) is 4.74 Å². The van der Waals surface area contributed by atoms with Crippen LogP contribution in [0.3, 0.4) is 0 Å². The number of benzene rings is 1. The highest BCUT2D eigenvalue weighted by Crippen LogP contribution is 2.09. The largest absolute Gasteiger partial charge is 0.507 e. The standard InChI is InChI=1S/C8H7O3/c1-11-8(10)6-3-2-4-7(9)5-6/h2-4,9H,1H3. The van der Waals surface area contributed by atoms with Gasteiger partial charge in [0.05, 0.1) is 12.7 Å². The van der Waals surface area contributed by atoms with Crippen molar-refractivity contribution >= 4 is 5.97 Å². The van der Waals surface area contributed by atoms with Gasteiger partial charge in [-0.05, 0) is 12.1 Å². The molecule has 0 atom stereocenters. The maximum Gasteiger partial charge on any atom is 0.338 e. The smallest absolute Gasteiger partial charge is 0.338 e. The van der Waals surface area contributed by atoms with Crippen LogP contribution in [0.1, 0.15) is 10.4 Å². The first kappa shape index (κ1) is 7.60. The Bertz CT molecular complexity index is 268. The van der Waals surface area contributed by atoms with Gasteiger partial charge in [0.15, 0.2) is 0 Å². The van der Waals surface area contributed by atoms with E-state index in [0.717, 1.165) is 0 Å². The Hall–Kier alpha value is -1.51. The summed E-state index contributed by atoms with van der Waals surface area (Å²) in [5.74, 6) is -0.561. The van der Waals surface area contributed by atoms with Crippen LogP contribution in [0.25, 0.3) is 0 Å². The van der Waals surface area contributed by atoms with Gasteiger partial charge < -0.3 is 9.84 Å². The molecule has 0 aliphatic heterocycles. The van der Waals surface area contributed by atoms with Crippen molar-refractivity contribution in [1.82, 2.24) is 0 Å². The van der Waals surface area contributed by atoms with Crippen LogP contribution in [0, 0.1) is 6.07 Å². The van der Waals surface area contributed by atoms with Gasteiger partial charge >= 0.3 is 5.97 Å². The SMILES string of the molecule is COC(=O)c1[c]c(O)ccc1. The fourth-order valence-corrected chi connectivity index (χ4v) is 0.686. The number of aromatic hydroxyl groups is 1. The van der Waals surface area contributed by atoms with Crippen molar-refractivity contribution in [2.45, 2.75) is 0 Å². The third-order valence-corrected chi connectivity index (χ3v) is 1.19. The molecule has 0 bridgehead atoms. The fourth-order valence-electron chi connectivity index (χ4n) is 0.686. The zero-order valence-electron chi connectivity index (χ0n) is 6.00. The van der Waals surface area contributed by atoms with Crippen LogP contribution in [-0.4, -0.2) is 18.2 Å². The third kappa shape index (κ3) is 1.70. The molecule has 1 N–H and O–H groups in total. The molecule has 11 heavy (non-hydrogen) atoms. The highest BCUT2D eigenvalue weighted by Gasteiger charge is 2.04. The van der Waals surface area contributed by atoms with E-state index in [4.69, 9.17) is 5.11 Å². The molecule has 1 aromatic carbocycles. The Morgan fingerprint density at radius 3 is 2.91 bits per heavy atom. The second-order valence-corrected chi connectivity index (χ2v) is 1.94. The van der Waals surface area contributed by atoms with Crippen LogP contribution < -0.4 is 0 Å². The van der Waals surface area contributed by atoms with Crippen molar-refractivity contribution in [1.29, 1.82) is 0 Å². The number of carbonyl (C=O) groups is 1. The minimum absolute atomic E-state index is 0.0621. The van der Waals surface area contributed by atoms with Crippen molar-refractivity contribution in [3.63, 3.8) is 0 Å². The van der Waals surface area contributed by atoms with E-state index in [9.17, 15) is 4.79 Å². The monoisotopic (exact) mass is 151 g/mol. The molecule has 0 amide bonds. The van der Waals surface area contributed by atoms with E-state index in [0.29, 0.717) is 0 Å². The molecule has 57 valence electrons. The molecule has 0 spiro atoms. The molecule has 3 heteroatoms. The van der Waals surface area contributed by atoms with Gasteiger partial charge in [0.25, 0.3) is 0 Å². The summed E-state index contributed by atoms with van der Waals surface area (Å²) < 4.78 is 4.41. The third-order valence-electron chi connectivity index (χ3n) is 1.19. The average molecular weight is 151 g/mol.